The molecule has 2 rings (SSSR count). The number of carbonyl (C=O) groups is 1. The number of nitrogens with two attached hydrogens (primary N) is 1. The molecule has 0 saturated carbocycles. The molecular formula is C11H14N2O5. The molecule has 0 aromatic carbocycles. The number of amides is 1. The fraction of sp³-hybridized carbons (Fsp3) is 0.455. The molecule has 18 heavy (non-hydrogen) atoms. The monoisotopic (exact) mass is 254 g/mol. The lowest BCUT2D eigenvalue weighted by Crippen LogP contribution is -2.32. The molecule has 0 spiro atoms. The number of hydrogen-bond donors (Lipinski definition) is 4. The summed E-state index contributed by atoms with van der Waals surface area (Å²) in [5.74, 6) is -0.676. The molecule has 0 radical (unpaired) electrons. The highest BCUT2D eigenvalue weighted by Gasteiger charge is 2.44. The highest BCUT2D eigenvalue weighted by atomic mass is 16.6. The van der Waals surface area contributed by atoms with Crippen LogP contribution in [0.2, 0.25) is 0 Å². The summed E-state index contributed by atoms with van der Waals surface area (Å²) >= 11 is 0. The summed E-state index contributed by atoms with van der Waals surface area (Å²) in [6.07, 6.45) is -1.56. The van der Waals surface area contributed by atoms with Crippen LogP contribution in [-0.4, -0.2) is 51.1 Å². The van der Waals surface area contributed by atoms with Gasteiger partial charge >= 0.3 is 0 Å². The predicted molar refractivity (Wildman–Crippen MR) is 59.5 cm³/mol. The summed E-state index contributed by atoms with van der Waals surface area (Å²) in [4.78, 5) is 15.1. The van der Waals surface area contributed by atoms with Gasteiger partial charge in [-0.3, -0.25) is 9.78 Å². The van der Waals surface area contributed by atoms with Crippen LogP contribution in [0.4, 0.5) is 0 Å². The summed E-state index contributed by atoms with van der Waals surface area (Å²) in [6, 6.07) is 1.41. The summed E-state index contributed by atoms with van der Waals surface area (Å²) < 4.78 is 5.31. The Labute approximate surface area is 103 Å². The van der Waals surface area contributed by atoms with Crippen LogP contribution in [0.5, 0.6) is 0 Å². The average Bonchev–Trinajstić information content (AvgIpc) is 2.66. The summed E-state index contributed by atoms with van der Waals surface area (Å²) in [5, 5.41) is 28.5. The van der Waals surface area contributed by atoms with E-state index in [0.717, 1.165) is 0 Å². The molecule has 1 aromatic rings. The molecule has 4 atom stereocenters. The topological polar surface area (TPSA) is 126 Å². The Bertz CT molecular complexity index is 453. The van der Waals surface area contributed by atoms with Crippen LogP contribution in [0.15, 0.2) is 18.5 Å². The van der Waals surface area contributed by atoms with Gasteiger partial charge in [-0.1, -0.05) is 0 Å². The van der Waals surface area contributed by atoms with Gasteiger partial charge in [-0.2, -0.15) is 0 Å². The van der Waals surface area contributed by atoms with E-state index in [1.807, 2.05) is 0 Å². The maximum atomic E-state index is 11.3. The van der Waals surface area contributed by atoms with Crippen molar-refractivity contribution in [3.8, 4) is 0 Å². The molecule has 1 saturated heterocycles. The van der Waals surface area contributed by atoms with Crippen molar-refractivity contribution >= 4 is 5.91 Å². The third kappa shape index (κ3) is 2.08. The Morgan fingerprint density at radius 2 is 2.17 bits per heavy atom. The van der Waals surface area contributed by atoms with Crippen LogP contribution in [0.25, 0.3) is 0 Å². The maximum Gasteiger partial charge on any atom is 0.249 e. The number of nitrogens with zero attached hydrogens (tertiary/aromatic N) is 1. The van der Waals surface area contributed by atoms with Gasteiger partial charge in [0.15, 0.2) is 0 Å². The first-order valence-corrected chi connectivity index (χ1v) is 5.42. The quantitative estimate of drug-likeness (QED) is 0.511. The number of aliphatic hydroxyl groups excluding tert-OH is 3. The van der Waals surface area contributed by atoms with E-state index in [1.54, 1.807) is 0 Å². The number of rotatable bonds is 3. The van der Waals surface area contributed by atoms with Crippen LogP contribution < -0.4 is 5.73 Å². The number of aliphatic hydroxyl groups is 3. The molecule has 1 aliphatic rings. The minimum absolute atomic E-state index is 0.167. The van der Waals surface area contributed by atoms with Gasteiger partial charge in [0.1, 0.15) is 24.4 Å². The highest BCUT2D eigenvalue weighted by molar-refractivity contribution is 5.94. The van der Waals surface area contributed by atoms with Gasteiger partial charge in [0, 0.05) is 23.5 Å². The SMILES string of the molecule is NC(=O)c1ccncc1[C@H]1O[C@@H](CO)[C@H](O)[C@@H]1O. The van der Waals surface area contributed by atoms with Gasteiger partial charge in [0.2, 0.25) is 5.91 Å². The number of ether oxygens (including phenoxy) is 1. The first-order chi connectivity index (χ1) is 8.56. The molecule has 0 bridgehead atoms. The molecule has 98 valence electrons. The molecular weight excluding hydrogens is 240 g/mol. The maximum absolute atomic E-state index is 11.3. The van der Waals surface area contributed by atoms with Crippen LogP contribution in [0.1, 0.15) is 22.0 Å². The third-order valence-corrected chi connectivity index (χ3v) is 2.97. The summed E-state index contributed by atoms with van der Waals surface area (Å²) in [6.45, 7) is -0.430. The largest absolute Gasteiger partial charge is 0.394 e. The molecule has 1 aliphatic heterocycles. The van der Waals surface area contributed by atoms with Gasteiger partial charge in [-0.15, -0.1) is 0 Å². The van der Waals surface area contributed by atoms with Gasteiger partial charge in [0.25, 0.3) is 0 Å². The van der Waals surface area contributed by atoms with Crippen LogP contribution in [0.3, 0.4) is 0 Å². The van der Waals surface area contributed by atoms with E-state index in [4.69, 9.17) is 15.6 Å². The predicted octanol–water partition coefficient (Wildman–Crippen LogP) is -1.67. The van der Waals surface area contributed by atoms with E-state index in [1.165, 1.54) is 18.5 Å². The van der Waals surface area contributed by atoms with Crippen molar-refractivity contribution in [1.82, 2.24) is 4.98 Å². The second kappa shape index (κ2) is 4.99. The Hall–Kier alpha value is -1.54. The lowest BCUT2D eigenvalue weighted by atomic mass is 9.99. The molecule has 1 amide bonds. The van der Waals surface area contributed by atoms with Gasteiger partial charge in [-0.25, -0.2) is 0 Å². The first-order valence-electron chi connectivity index (χ1n) is 5.42. The fourth-order valence-electron chi connectivity index (χ4n) is 2.01. The summed E-state index contributed by atoms with van der Waals surface area (Å²) in [7, 11) is 0. The number of carbonyl (C=O) groups excluding carboxylic acids is 1. The van der Waals surface area contributed by atoms with Crippen molar-refractivity contribution in [2.24, 2.45) is 5.73 Å². The first kappa shape index (κ1) is 12.9. The minimum Gasteiger partial charge on any atom is -0.394 e. The number of hydrogen-bond acceptors (Lipinski definition) is 6. The molecule has 5 N–H and O–H groups in total. The van der Waals surface area contributed by atoms with Gasteiger partial charge in [-0.05, 0) is 6.07 Å². The van der Waals surface area contributed by atoms with Crippen molar-refractivity contribution in [3.63, 3.8) is 0 Å². The Morgan fingerprint density at radius 1 is 1.44 bits per heavy atom. The van der Waals surface area contributed by atoms with Crippen molar-refractivity contribution in [1.29, 1.82) is 0 Å². The lowest BCUT2D eigenvalue weighted by Gasteiger charge is -2.16. The third-order valence-electron chi connectivity index (χ3n) is 2.97. The molecule has 7 heteroatoms. The van der Waals surface area contributed by atoms with Crippen LogP contribution in [0, 0.1) is 0 Å². The van der Waals surface area contributed by atoms with Crippen molar-refractivity contribution in [2.75, 3.05) is 6.61 Å². The highest BCUT2D eigenvalue weighted by Crippen LogP contribution is 2.34. The zero-order valence-corrected chi connectivity index (χ0v) is 9.43. The number of aromatic nitrogens is 1. The molecule has 0 unspecified atom stereocenters. The van der Waals surface area contributed by atoms with Crippen molar-refractivity contribution in [2.45, 2.75) is 24.4 Å². The van der Waals surface area contributed by atoms with E-state index in [9.17, 15) is 15.0 Å². The minimum atomic E-state index is -1.25. The van der Waals surface area contributed by atoms with Crippen LogP contribution in [-0.2, 0) is 4.74 Å². The molecule has 0 aliphatic carbocycles. The second-order valence-corrected chi connectivity index (χ2v) is 4.09. The van der Waals surface area contributed by atoms with E-state index < -0.39 is 36.9 Å². The van der Waals surface area contributed by atoms with E-state index in [-0.39, 0.29) is 5.56 Å². The molecule has 7 nitrogen and oxygen atoms in total. The average molecular weight is 254 g/mol. The van der Waals surface area contributed by atoms with Gasteiger partial charge in [0.05, 0.1) is 6.61 Å². The molecule has 1 fully saturated rings. The van der Waals surface area contributed by atoms with Gasteiger partial charge < -0.3 is 25.8 Å². The Balaban J connectivity index is 2.35. The second-order valence-electron chi connectivity index (χ2n) is 4.09. The Kier molecular flexibility index (Phi) is 3.58. The fourth-order valence-corrected chi connectivity index (χ4v) is 2.01. The van der Waals surface area contributed by atoms with E-state index in [2.05, 4.69) is 4.98 Å². The lowest BCUT2D eigenvalue weighted by molar-refractivity contribution is -0.0230. The van der Waals surface area contributed by atoms with Crippen molar-refractivity contribution < 1.29 is 24.9 Å². The molecule has 2 heterocycles. The smallest absolute Gasteiger partial charge is 0.249 e. The zero-order valence-electron chi connectivity index (χ0n) is 9.43. The Morgan fingerprint density at radius 3 is 2.72 bits per heavy atom. The van der Waals surface area contributed by atoms with Crippen molar-refractivity contribution in [3.05, 3.63) is 29.6 Å². The zero-order chi connectivity index (χ0) is 13.3. The molecule has 1 aromatic heterocycles. The number of primary amides is 1. The standard InChI is InChI=1S/C11H14N2O5/c12-11(17)5-1-2-13-3-6(5)10-9(16)8(15)7(4-14)18-10/h1-3,7-10,14-16H,4H2,(H2,12,17)/t7-,8-,9-,10+/m0/s1. The van der Waals surface area contributed by atoms with E-state index >= 15 is 0 Å². The number of pyridine rings is 1. The normalized spacial score (nSPS) is 31.5. The summed E-state index contributed by atoms with van der Waals surface area (Å²) in [5.41, 5.74) is 5.68. The van der Waals surface area contributed by atoms with Crippen LogP contribution >= 0.6 is 0 Å². The van der Waals surface area contributed by atoms with E-state index in [0.29, 0.717) is 5.56 Å².